The maximum Gasteiger partial charge on any atom is 0.323 e. The third-order valence-corrected chi connectivity index (χ3v) is 3.29. The molecule has 0 unspecified atom stereocenters. The molecule has 2 amide bonds. The number of nitrogens with one attached hydrogen (secondary N) is 2. The molecule has 0 saturated heterocycles. The van der Waals surface area contributed by atoms with E-state index in [-0.39, 0.29) is 6.01 Å². The topological polar surface area (TPSA) is 79.4 Å². The molecule has 7 nitrogen and oxygen atoms in total. The quantitative estimate of drug-likeness (QED) is 0.897. The number of carbonyl (C=O) groups is 1. The van der Waals surface area contributed by atoms with Gasteiger partial charge in [-0.1, -0.05) is 17.7 Å². The van der Waals surface area contributed by atoms with Crippen LogP contribution in [0.25, 0.3) is 0 Å². The Balaban J connectivity index is 2.16. The lowest BCUT2D eigenvalue weighted by Gasteiger charge is -2.17. The molecule has 0 radical (unpaired) electrons. The van der Waals surface area contributed by atoms with Crippen LogP contribution in [-0.2, 0) is 0 Å². The van der Waals surface area contributed by atoms with Gasteiger partial charge in [0.05, 0.1) is 24.0 Å². The largest absolute Gasteiger partial charge is 0.467 e. The Labute approximate surface area is 139 Å². The SMILES string of the molecule is COc1ncc(NC(=O)Nc2ccc(C)cc2Cl)c(N(C)C)n1. The van der Waals surface area contributed by atoms with Crippen LogP contribution in [-0.4, -0.2) is 37.2 Å². The van der Waals surface area contributed by atoms with Crippen LogP contribution < -0.4 is 20.3 Å². The average molecular weight is 336 g/mol. The van der Waals surface area contributed by atoms with Crippen LogP contribution in [0.3, 0.4) is 0 Å². The molecule has 0 aliphatic rings. The molecule has 0 aliphatic heterocycles. The number of amides is 2. The summed E-state index contributed by atoms with van der Waals surface area (Å²) < 4.78 is 4.99. The fourth-order valence-corrected chi connectivity index (χ4v) is 2.16. The van der Waals surface area contributed by atoms with Gasteiger partial charge in [0.2, 0.25) is 0 Å². The molecule has 0 spiro atoms. The molecule has 0 bridgehead atoms. The van der Waals surface area contributed by atoms with Gasteiger partial charge in [-0.05, 0) is 24.6 Å². The van der Waals surface area contributed by atoms with Gasteiger partial charge in [0.15, 0.2) is 5.82 Å². The average Bonchev–Trinajstić information content (AvgIpc) is 2.50. The molecule has 2 rings (SSSR count). The zero-order valence-electron chi connectivity index (χ0n) is 13.3. The first-order valence-electron chi connectivity index (χ1n) is 6.83. The number of methoxy groups -OCH3 is 1. The first-order valence-corrected chi connectivity index (χ1v) is 7.21. The van der Waals surface area contributed by atoms with Crippen LogP contribution in [0, 0.1) is 6.92 Å². The monoisotopic (exact) mass is 335 g/mol. The minimum Gasteiger partial charge on any atom is -0.467 e. The van der Waals surface area contributed by atoms with Crippen molar-refractivity contribution in [2.75, 3.05) is 36.7 Å². The van der Waals surface area contributed by atoms with Crippen LogP contribution in [0.2, 0.25) is 5.02 Å². The highest BCUT2D eigenvalue weighted by Gasteiger charge is 2.13. The summed E-state index contributed by atoms with van der Waals surface area (Å²) in [7, 11) is 5.09. The lowest BCUT2D eigenvalue weighted by Crippen LogP contribution is -2.22. The van der Waals surface area contributed by atoms with E-state index in [1.165, 1.54) is 13.3 Å². The number of carbonyl (C=O) groups excluding carboxylic acids is 1. The first-order chi connectivity index (χ1) is 10.9. The maximum absolute atomic E-state index is 12.2. The van der Waals surface area contributed by atoms with Crippen LogP contribution in [0.15, 0.2) is 24.4 Å². The Morgan fingerprint density at radius 3 is 2.57 bits per heavy atom. The number of halogens is 1. The molecule has 0 saturated carbocycles. The van der Waals surface area contributed by atoms with Crippen LogP contribution in [0.4, 0.5) is 22.0 Å². The van der Waals surface area contributed by atoms with Crippen LogP contribution in [0.5, 0.6) is 6.01 Å². The van der Waals surface area contributed by atoms with Gasteiger partial charge in [0.25, 0.3) is 0 Å². The van der Waals surface area contributed by atoms with Gasteiger partial charge in [-0.2, -0.15) is 4.98 Å². The van der Waals surface area contributed by atoms with Crippen molar-refractivity contribution >= 4 is 34.8 Å². The first kappa shape index (κ1) is 16.8. The van der Waals surface area contributed by atoms with Crippen molar-refractivity contribution in [2.45, 2.75) is 6.92 Å². The molecular formula is C15H18ClN5O2. The van der Waals surface area contributed by atoms with E-state index in [4.69, 9.17) is 16.3 Å². The second-order valence-electron chi connectivity index (χ2n) is 5.05. The number of aromatic nitrogens is 2. The maximum atomic E-state index is 12.2. The highest BCUT2D eigenvalue weighted by molar-refractivity contribution is 6.33. The molecule has 0 fully saturated rings. The number of hydrogen-bond donors (Lipinski definition) is 2. The number of aryl methyl sites for hydroxylation is 1. The highest BCUT2D eigenvalue weighted by Crippen LogP contribution is 2.25. The Morgan fingerprint density at radius 2 is 1.96 bits per heavy atom. The second-order valence-corrected chi connectivity index (χ2v) is 5.46. The molecule has 2 N–H and O–H groups in total. The molecule has 1 aromatic carbocycles. The molecule has 0 aliphatic carbocycles. The lowest BCUT2D eigenvalue weighted by atomic mass is 10.2. The lowest BCUT2D eigenvalue weighted by molar-refractivity contribution is 0.262. The summed E-state index contributed by atoms with van der Waals surface area (Å²) in [5, 5.41) is 5.87. The summed E-state index contributed by atoms with van der Waals surface area (Å²) >= 11 is 6.11. The summed E-state index contributed by atoms with van der Waals surface area (Å²) in [5.41, 5.74) is 1.99. The van der Waals surface area contributed by atoms with Gasteiger partial charge < -0.3 is 20.3 Å². The van der Waals surface area contributed by atoms with E-state index in [1.54, 1.807) is 17.0 Å². The van der Waals surface area contributed by atoms with Crippen molar-refractivity contribution in [2.24, 2.45) is 0 Å². The van der Waals surface area contributed by atoms with Crippen molar-refractivity contribution in [1.29, 1.82) is 0 Å². The van der Waals surface area contributed by atoms with Crippen molar-refractivity contribution in [1.82, 2.24) is 9.97 Å². The normalized spacial score (nSPS) is 10.1. The van der Waals surface area contributed by atoms with E-state index in [1.807, 2.05) is 27.1 Å². The smallest absolute Gasteiger partial charge is 0.323 e. The third-order valence-electron chi connectivity index (χ3n) is 2.97. The minimum atomic E-state index is -0.437. The van der Waals surface area contributed by atoms with Crippen molar-refractivity contribution in [3.05, 3.63) is 35.0 Å². The molecule has 23 heavy (non-hydrogen) atoms. The number of ether oxygens (including phenoxy) is 1. The van der Waals surface area contributed by atoms with Crippen molar-refractivity contribution < 1.29 is 9.53 Å². The minimum absolute atomic E-state index is 0.223. The molecule has 1 heterocycles. The number of urea groups is 1. The summed E-state index contributed by atoms with van der Waals surface area (Å²) in [6.45, 7) is 1.92. The molecule has 122 valence electrons. The summed E-state index contributed by atoms with van der Waals surface area (Å²) in [6.07, 6.45) is 1.48. The molecule has 0 atom stereocenters. The Hall–Kier alpha value is -2.54. The van der Waals surface area contributed by atoms with Gasteiger partial charge in [0, 0.05) is 14.1 Å². The van der Waals surface area contributed by atoms with E-state index < -0.39 is 6.03 Å². The zero-order chi connectivity index (χ0) is 17.0. The fourth-order valence-electron chi connectivity index (χ4n) is 1.88. The van der Waals surface area contributed by atoms with Gasteiger partial charge in [-0.25, -0.2) is 9.78 Å². The highest BCUT2D eigenvalue weighted by atomic mass is 35.5. The summed E-state index contributed by atoms with van der Waals surface area (Å²) in [5.74, 6) is 0.530. The number of hydrogen-bond acceptors (Lipinski definition) is 5. The van der Waals surface area contributed by atoms with E-state index >= 15 is 0 Å². The second kappa shape index (κ2) is 7.15. The number of anilines is 3. The van der Waals surface area contributed by atoms with Crippen molar-refractivity contribution in [3.63, 3.8) is 0 Å². The Bertz CT molecular complexity index is 721. The molecule has 8 heteroatoms. The van der Waals surface area contributed by atoms with E-state index in [0.717, 1.165) is 5.56 Å². The van der Waals surface area contributed by atoms with Gasteiger partial charge in [0.1, 0.15) is 5.69 Å². The van der Waals surface area contributed by atoms with Gasteiger partial charge >= 0.3 is 12.0 Å². The zero-order valence-corrected chi connectivity index (χ0v) is 14.1. The molecule has 2 aromatic rings. The molecule has 1 aromatic heterocycles. The van der Waals surface area contributed by atoms with Gasteiger partial charge in [-0.15, -0.1) is 0 Å². The van der Waals surface area contributed by atoms with Gasteiger partial charge in [-0.3, -0.25) is 0 Å². The Morgan fingerprint density at radius 1 is 1.26 bits per heavy atom. The summed E-state index contributed by atoms with van der Waals surface area (Å²) in [4.78, 5) is 22.1. The number of nitrogens with zero attached hydrogens (tertiary/aromatic N) is 3. The fraction of sp³-hybridized carbons (Fsp3) is 0.267. The van der Waals surface area contributed by atoms with E-state index in [9.17, 15) is 4.79 Å². The molecular weight excluding hydrogens is 318 g/mol. The van der Waals surface area contributed by atoms with Crippen LogP contribution >= 0.6 is 11.6 Å². The standard InChI is InChI=1S/C15H18ClN5O2/c1-9-5-6-11(10(16)7-9)18-14(22)19-12-8-17-15(23-4)20-13(12)21(2)3/h5-8H,1-4H3,(H2,18,19,22). The van der Waals surface area contributed by atoms with Crippen molar-refractivity contribution in [3.8, 4) is 6.01 Å². The third kappa shape index (κ3) is 4.23. The summed E-state index contributed by atoms with van der Waals surface area (Å²) in [6, 6.07) is 5.17. The van der Waals surface area contributed by atoms with Crippen LogP contribution in [0.1, 0.15) is 5.56 Å². The Kier molecular flexibility index (Phi) is 5.23. The van der Waals surface area contributed by atoms with E-state index in [2.05, 4.69) is 20.6 Å². The van der Waals surface area contributed by atoms with E-state index in [0.29, 0.717) is 22.2 Å². The number of benzene rings is 1. The number of rotatable bonds is 4. The predicted octanol–water partition coefficient (Wildman–Crippen LogP) is 3.16. The predicted molar refractivity (Wildman–Crippen MR) is 91.7 cm³/mol.